The number of hydrogen-bond donors (Lipinski definition) is 0. The molecule has 0 amide bonds. The van der Waals surface area contributed by atoms with Crippen LogP contribution in [0.25, 0.3) is 11.1 Å². The normalized spacial score (nSPS) is 7.00. The van der Waals surface area contributed by atoms with Crippen LogP contribution in [0, 0.1) is 0 Å². The van der Waals surface area contributed by atoms with Crippen LogP contribution in [0.3, 0.4) is 0 Å². The number of rotatable bonds is 1. The highest BCUT2D eigenvalue weighted by molar-refractivity contribution is 5.62. The lowest BCUT2D eigenvalue weighted by molar-refractivity contribution is 0.635. The second-order valence-electron chi connectivity index (χ2n) is 2.73. The van der Waals surface area contributed by atoms with E-state index in [-0.39, 0.29) is 0 Å². The minimum absolute atomic E-state index is 0.500. The van der Waals surface area contributed by atoms with Crippen LogP contribution in [-0.2, 0) is 0 Å². The fourth-order valence-corrected chi connectivity index (χ4v) is 1.26. The van der Waals surface area contributed by atoms with Gasteiger partial charge in [0.15, 0.2) is 0 Å². The predicted octanol–water partition coefficient (Wildman–Crippen LogP) is 6.58. The van der Waals surface area contributed by atoms with Crippen LogP contribution in [0.5, 0.6) is 0 Å². The number of alkyl halides is 2. The van der Waals surface area contributed by atoms with Gasteiger partial charge in [-0.3, -0.25) is 8.78 Å². The Bertz CT molecular complexity index is 307. The Morgan fingerprint density at radius 1 is 0.450 bits per heavy atom. The molecule has 114 valence electrons. The molecule has 0 aliphatic carbocycles. The maximum Gasteiger partial charge on any atom is 0.0785 e. The monoisotopic (exact) mass is 282 g/mol. The Labute approximate surface area is 123 Å². The first-order valence-corrected chi connectivity index (χ1v) is 6.83. The highest BCUT2D eigenvalue weighted by Crippen LogP contribution is 2.17. The van der Waals surface area contributed by atoms with E-state index in [1.54, 1.807) is 0 Å². The summed E-state index contributed by atoms with van der Waals surface area (Å²) in [4.78, 5) is 0. The summed E-state index contributed by atoms with van der Waals surface area (Å²) in [7, 11) is 1.00. The number of benzene rings is 2. The molecule has 0 fully saturated rings. The van der Waals surface area contributed by atoms with Gasteiger partial charge in [-0.05, 0) is 11.1 Å². The zero-order valence-corrected chi connectivity index (χ0v) is 13.5. The average molecular weight is 282 g/mol. The van der Waals surface area contributed by atoms with Gasteiger partial charge in [0.1, 0.15) is 0 Å². The van der Waals surface area contributed by atoms with Crippen LogP contribution in [0.4, 0.5) is 8.78 Å². The third-order valence-corrected chi connectivity index (χ3v) is 1.88. The first kappa shape index (κ1) is 23.4. The third-order valence-electron chi connectivity index (χ3n) is 1.88. The molecule has 0 spiro atoms. The molecule has 2 rings (SSSR count). The van der Waals surface area contributed by atoms with Crippen molar-refractivity contribution < 1.29 is 8.78 Å². The van der Waals surface area contributed by atoms with Crippen molar-refractivity contribution in [3.63, 3.8) is 0 Å². The first-order valence-electron chi connectivity index (χ1n) is 6.83. The summed E-state index contributed by atoms with van der Waals surface area (Å²) < 4.78 is 19.0. The average Bonchev–Trinajstić information content (AvgIpc) is 2.63. The number of halogens is 2. The molecule has 20 heavy (non-hydrogen) atoms. The molecule has 0 atom stereocenters. The zero-order valence-electron chi connectivity index (χ0n) is 13.5. The molecule has 0 aliphatic rings. The highest BCUT2D eigenvalue weighted by Gasteiger charge is 1.91. The van der Waals surface area contributed by atoms with Gasteiger partial charge in [0.05, 0.1) is 14.4 Å². The number of hydrogen-bond acceptors (Lipinski definition) is 0. The van der Waals surface area contributed by atoms with Crippen molar-refractivity contribution >= 4 is 0 Å². The van der Waals surface area contributed by atoms with E-state index in [2.05, 4.69) is 48.5 Å². The van der Waals surface area contributed by atoms with E-state index < -0.39 is 0 Å². The maximum atomic E-state index is 9.50. The molecule has 0 N–H and O–H groups in total. The smallest absolute Gasteiger partial charge is 0.0785 e. The second kappa shape index (κ2) is 22.5. The molecule has 0 saturated heterocycles. The van der Waals surface area contributed by atoms with Gasteiger partial charge < -0.3 is 0 Å². The lowest BCUT2D eigenvalue weighted by Crippen LogP contribution is -1.73. The van der Waals surface area contributed by atoms with Crippen LogP contribution < -0.4 is 0 Å². The Morgan fingerprint density at radius 2 is 0.650 bits per heavy atom. The first-order chi connectivity index (χ1) is 9.97. The van der Waals surface area contributed by atoms with E-state index in [0.717, 1.165) is 0 Å². The van der Waals surface area contributed by atoms with Crippen LogP contribution in [0.2, 0.25) is 0 Å². The van der Waals surface area contributed by atoms with Crippen molar-refractivity contribution in [1.82, 2.24) is 0 Å². The maximum absolute atomic E-state index is 9.50. The SMILES string of the molecule is CC.CC.CF.CF.c1ccc(-c2ccccc2)cc1. The Hall–Kier alpha value is -1.70. The lowest BCUT2D eigenvalue weighted by Gasteiger charge is -1.98. The Morgan fingerprint density at radius 3 is 0.850 bits per heavy atom. The van der Waals surface area contributed by atoms with Gasteiger partial charge in [-0.1, -0.05) is 88.4 Å². The van der Waals surface area contributed by atoms with E-state index >= 15 is 0 Å². The molecule has 0 aliphatic heterocycles. The van der Waals surface area contributed by atoms with Gasteiger partial charge >= 0.3 is 0 Å². The lowest BCUT2D eigenvalue weighted by atomic mass is 10.1. The standard InChI is InChI=1S/C12H10.2C2H6.2CH3F/c1-3-7-11(8-4-1)12-9-5-2-6-10-12;4*1-2/h1-10H;2*1-2H3;2*1H3. The Balaban J connectivity index is -0.000000314. The van der Waals surface area contributed by atoms with Gasteiger partial charge in [-0.25, -0.2) is 0 Å². The molecule has 0 aromatic heterocycles. The fraction of sp³-hybridized carbons (Fsp3) is 0.333. The van der Waals surface area contributed by atoms with E-state index in [0.29, 0.717) is 14.4 Å². The van der Waals surface area contributed by atoms with Crippen LogP contribution in [0.15, 0.2) is 60.7 Å². The van der Waals surface area contributed by atoms with Gasteiger partial charge in [-0.2, -0.15) is 0 Å². The zero-order chi connectivity index (χ0) is 16.2. The summed E-state index contributed by atoms with van der Waals surface area (Å²) in [6.45, 7) is 8.00. The largest absolute Gasteiger partial charge is 0.255 e. The quantitative estimate of drug-likeness (QED) is 0.554. The highest BCUT2D eigenvalue weighted by atomic mass is 19.1. The molecule has 0 heterocycles. The van der Waals surface area contributed by atoms with Gasteiger partial charge in [0.25, 0.3) is 0 Å². The molecule has 2 aromatic rings. The summed E-state index contributed by atoms with van der Waals surface area (Å²) in [5, 5.41) is 0. The van der Waals surface area contributed by atoms with Gasteiger partial charge in [0, 0.05) is 0 Å². The summed E-state index contributed by atoms with van der Waals surface area (Å²) in [5.41, 5.74) is 2.55. The van der Waals surface area contributed by atoms with Crippen LogP contribution >= 0.6 is 0 Å². The topological polar surface area (TPSA) is 0 Å². The van der Waals surface area contributed by atoms with E-state index in [1.807, 2.05) is 39.8 Å². The van der Waals surface area contributed by atoms with Crippen LogP contribution in [0.1, 0.15) is 27.7 Å². The summed E-state index contributed by atoms with van der Waals surface area (Å²) >= 11 is 0. The molecule has 2 heteroatoms. The molecule has 0 nitrogen and oxygen atoms in total. The molecule has 0 unspecified atom stereocenters. The summed E-state index contributed by atoms with van der Waals surface area (Å²) in [6.07, 6.45) is 0. The van der Waals surface area contributed by atoms with Crippen LogP contribution in [-0.4, -0.2) is 14.4 Å². The summed E-state index contributed by atoms with van der Waals surface area (Å²) in [6, 6.07) is 20.8. The van der Waals surface area contributed by atoms with Crippen molar-refractivity contribution in [3.05, 3.63) is 60.7 Å². The molecular weight excluding hydrogens is 254 g/mol. The van der Waals surface area contributed by atoms with Crippen molar-refractivity contribution in [2.45, 2.75) is 27.7 Å². The van der Waals surface area contributed by atoms with E-state index in [1.165, 1.54) is 11.1 Å². The second-order valence-corrected chi connectivity index (χ2v) is 2.73. The molecule has 0 bridgehead atoms. The minimum atomic E-state index is 0.500. The van der Waals surface area contributed by atoms with E-state index in [9.17, 15) is 8.78 Å². The minimum Gasteiger partial charge on any atom is -0.255 e. The third kappa shape index (κ3) is 11.4. The molecule has 0 saturated carbocycles. The predicted molar refractivity (Wildman–Crippen MR) is 88.6 cm³/mol. The van der Waals surface area contributed by atoms with Crippen molar-refractivity contribution in [3.8, 4) is 11.1 Å². The Kier molecular flexibility index (Phi) is 26.3. The molecule has 2 aromatic carbocycles. The van der Waals surface area contributed by atoms with Crippen molar-refractivity contribution in [1.29, 1.82) is 0 Å². The van der Waals surface area contributed by atoms with Crippen molar-refractivity contribution in [2.75, 3.05) is 14.4 Å². The van der Waals surface area contributed by atoms with Gasteiger partial charge in [0.2, 0.25) is 0 Å². The fourth-order valence-electron chi connectivity index (χ4n) is 1.26. The van der Waals surface area contributed by atoms with Crippen molar-refractivity contribution in [2.24, 2.45) is 0 Å². The van der Waals surface area contributed by atoms with Gasteiger partial charge in [-0.15, -0.1) is 0 Å². The molecule has 0 radical (unpaired) electrons. The van der Waals surface area contributed by atoms with E-state index in [4.69, 9.17) is 0 Å². The summed E-state index contributed by atoms with van der Waals surface area (Å²) in [5.74, 6) is 0. The molecular formula is C18H28F2.